The summed E-state index contributed by atoms with van der Waals surface area (Å²) in [7, 11) is -3.46. The van der Waals surface area contributed by atoms with Crippen molar-refractivity contribution in [2.45, 2.75) is 33.4 Å². The molecule has 0 saturated carbocycles. The number of fused-ring (bicyclic) bond motifs is 1. The number of nitrogens with one attached hydrogen (secondary N) is 1. The molecule has 7 heteroatoms. The predicted molar refractivity (Wildman–Crippen MR) is 117 cm³/mol. The molecule has 0 aliphatic carbocycles. The van der Waals surface area contributed by atoms with Gasteiger partial charge < -0.3 is 5.32 Å². The Balaban J connectivity index is 1.96. The summed E-state index contributed by atoms with van der Waals surface area (Å²) in [6.07, 6.45) is 1.21. The summed E-state index contributed by atoms with van der Waals surface area (Å²) in [5, 5.41) is 3.74. The Morgan fingerprint density at radius 2 is 1.79 bits per heavy atom. The molecule has 0 unspecified atom stereocenters. The Labute approximate surface area is 170 Å². The fourth-order valence-electron chi connectivity index (χ4n) is 2.89. The lowest BCUT2D eigenvalue weighted by molar-refractivity contribution is 0.0947. The van der Waals surface area contributed by atoms with Gasteiger partial charge >= 0.3 is 0 Å². The fourth-order valence-corrected chi connectivity index (χ4v) is 4.72. The molecule has 0 spiro atoms. The summed E-state index contributed by atoms with van der Waals surface area (Å²) >= 11 is 1.40. The van der Waals surface area contributed by atoms with E-state index >= 15 is 0 Å². The second-order valence-electron chi connectivity index (χ2n) is 7.22. The van der Waals surface area contributed by atoms with Crippen molar-refractivity contribution >= 4 is 43.0 Å². The minimum atomic E-state index is -3.46. The van der Waals surface area contributed by atoms with E-state index in [1.807, 2.05) is 63.2 Å². The maximum atomic E-state index is 12.4. The SMILES string of the molecule is Cc1ccc(CN(c2ccc3sc(C(=O)NC(C)C)cc3c2)S(C)(=O)=O)cc1. The Morgan fingerprint density at radius 1 is 1.11 bits per heavy atom. The molecule has 0 fully saturated rings. The number of aryl methyl sites for hydroxylation is 1. The Hall–Kier alpha value is -2.38. The molecule has 2 aromatic carbocycles. The topological polar surface area (TPSA) is 66.5 Å². The quantitative estimate of drug-likeness (QED) is 0.651. The largest absolute Gasteiger partial charge is 0.349 e. The molecule has 0 bridgehead atoms. The van der Waals surface area contributed by atoms with E-state index in [2.05, 4.69) is 5.32 Å². The van der Waals surface area contributed by atoms with Crippen molar-refractivity contribution < 1.29 is 13.2 Å². The third kappa shape index (κ3) is 4.72. The zero-order valence-electron chi connectivity index (χ0n) is 16.4. The van der Waals surface area contributed by atoms with Crippen molar-refractivity contribution in [2.24, 2.45) is 0 Å². The van der Waals surface area contributed by atoms with Crippen LogP contribution in [0.3, 0.4) is 0 Å². The molecule has 0 atom stereocenters. The molecule has 1 aromatic heterocycles. The number of nitrogens with zero attached hydrogens (tertiary/aromatic N) is 1. The van der Waals surface area contributed by atoms with Crippen molar-refractivity contribution in [1.82, 2.24) is 5.32 Å². The molecule has 5 nitrogen and oxygen atoms in total. The summed E-state index contributed by atoms with van der Waals surface area (Å²) < 4.78 is 27.2. The number of thiophene rings is 1. The van der Waals surface area contributed by atoms with Gasteiger partial charge in [-0.25, -0.2) is 8.42 Å². The van der Waals surface area contributed by atoms with Crippen molar-refractivity contribution in [3.05, 3.63) is 64.5 Å². The monoisotopic (exact) mass is 416 g/mol. The number of carbonyl (C=O) groups excluding carboxylic acids is 1. The molecule has 3 aromatic rings. The highest BCUT2D eigenvalue weighted by atomic mass is 32.2. The molecule has 1 N–H and O–H groups in total. The Kier molecular flexibility index (Phi) is 5.76. The average molecular weight is 417 g/mol. The maximum absolute atomic E-state index is 12.4. The van der Waals surface area contributed by atoms with E-state index in [1.54, 1.807) is 6.07 Å². The van der Waals surface area contributed by atoms with Crippen molar-refractivity contribution in [3.8, 4) is 0 Å². The van der Waals surface area contributed by atoms with Gasteiger partial charge in [-0.1, -0.05) is 29.8 Å². The smallest absolute Gasteiger partial charge is 0.261 e. The van der Waals surface area contributed by atoms with E-state index in [9.17, 15) is 13.2 Å². The van der Waals surface area contributed by atoms with E-state index in [0.29, 0.717) is 10.6 Å². The minimum absolute atomic E-state index is 0.0588. The van der Waals surface area contributed by atoms with Gasteiger partial charge in [0.2, 0.25) is 10.0 Å². The first kappa shape index (κ1) is 20.4. The predicted octanol–water partition coefficient (Wildman–Crippen LogP) is 4.31. The number of amides is 1. The van der Waals surface area contributed by atoms with Crippen LogP contribution >= 0.6 is 11.3 Å². The maximum Gasteiger partial charge on any atom is 0.261 e. The van der Waals surface area contributed by atoms with Crippen LogP contribution in [0.4, 0.5) is 5.69 Å². The van der Waals surface area contributed by atoms with Crippen molar-refractivity contribution in [3.63, 3.8) is 0 Å². The molecule has 3 rings (SSSR count). The molecule has 1 amide bonds. The minimum Gasteiger partial charge on any atom is -0.349 e. The van der Waals surface area contributed by atoms with Gasteiger partial charge in [-0.2, -0.15) is 0 Å². The highest BCUT2D eigenvalue weighted by molar-refractivity contribution is 7.92. The lowest BCUT2D eigenvalue weighted by atomic mass is 10.1. The van der Waals surface area contributed by atoms with Crippen LogP contribution in [-0.2, 0) is 16.6 Å². The standard InChI is InChI=1S/C21H24N2O3S2/c1-14(2)22-21(24)20-12-17-11-18(9-10-19(17)27-20)23(28(4,25)26)13-16-7-5-15(3)6-8-16/h5-12,14H,13H2,1-4H3,(H,22,24). The van der Waals surface area contributed by atoms with Gasteiger partial charge in [0.1, 0.15) is 0 Å². The number of benzene rings is 2. The summed E-state index contributed by atoms with van der Waals surface area (Å²) in [5.74, 6) is -0.114. The molecule has 28 heavy (non-hydrogen) atoms. The first-order chi connectivity index (χ1) is 13.1. The van der Waals surface area contributed by atoms with Gasteiger partial charge in [0.25, 0.3) is 5.91 Å². The summed E-state index contributed by atoms with van der Waals surface area (Å²) in [6, 6.07) is 15.2. The van der Waals surface area contributed by atoms with Crippen LogP contribution < -0.4 is 9.62 Å². The van der Waals surface area contributed by atoms with E-state index in [-0.39, 0.29) is 18.5 Å². The van der Waals surface area contributed by atoms with Crippen LogP contribution in [-0.4, -0.2) is 26.6 Å². The number of rotatable bonds is 6. The average Bonchev–Trinajstić information content (AvgIpc) is 3.03. The highest BCUT2D eigenvalue weighted by Gasteiger charge is 2.19. The lowest BCUT2D eigenvalue weighted by Gasteiger charge is -2.22. The number of sulfonamides is 1. The van der Waals surface area contributed by atoms with Crippen LogP contribution in [0.5, 0.6) is 0 Å². The zero-order valence-corrected chi connectivity index (χ0v) is 18.0. The number of hydrogen-bond acceptors (Lipinski definition) is 4. The van der Waals surface area contributed by atoms with Crippen LogP contribution in [0, 0.1) is 6.92 Å². The first-order valence-electron chi connectivity index (χ1n) is 9.01. The molecule has 148 valence electrons. The van der Waals surface area contributed by atoms with E-state index < -0.39 is 10.0 Å². The number of hydrogen-bond donors (Lipinski definition) is 1. The van der Waals surface area contributed by atoms with Gasteiger partial charge in [-0.15, -0.1) is 11.3 Å². The third-order valence-corrected chi connectivity index (χ3v) is 6.53. The van der Waals surface area contributed by atoms with Crippen LogP contribution in [0.2, 0.25) is 0 Å². The van der Waals surface area contributed by atoms with Gasteiger partial charge in [0.15, 0.2) is 0 Å². The number of anilines is 1. The van der Waals surface area contributed by atoms with Gasteiger partial charge in [0.05, 0.1) is 23.4 Å². The molecular weight excluding hydrogens is 392 g/mol. The lowest BCUT2D eigenvalue weighted by Crippen LogP contribution is -2.29. The molecule has 0 aliphatic heterocycles. The zero-order chi connectivity index (χ0) is 20.5. The Bertz CT molecular complexity index is 1100. The molecule has 1 heterocycles. The summed E-state index contributed by atoms with van der Waals surface area (Å²) in [5.41, 5.74) is 2.63. The third-order valence-electron chi connectivity index (χ3n) is 4.28. The fraction of sp³-hybridized carbons (Fsp3) is 0.286. The normalized spacial score (nSPS) is 11.8. The summed E-state index contributed by atoms with van der Waals surface area (Å²) in [6.45, 7) is 6.09. The Morgan fingerprint density at radius 3 is 2.39 bits per heavy atom. The molecule has 0 radical (unpaired) electrons. The first-order valence-corrected chi connectivity index (χ1v) is 11.7. The van der Waals surface area contributed by atoms with E-state index in [4.69, 9.17) is 0 Å². The summed E-state index contributed by atoms with van der Waals surface area (Å²) in [4.78, 5) is 12.9. The second-order valence-corrected chi connectivity index (χ2v) is 10.2. The molecule has 0 aliphatic rings. The van der Waals surface area contributed by atoms with Crippen LogP contribution in [0.25, 0.3) is 10.1 Å². The highest BCUT2D eigenvalue weighted by Crippen LogP contribution is 2.31. The van der Waals surface area contributed by atoms with Gasteiger partial charge in [-0.05, 0) is 56.0 Å². The van der Waals surface area contributed by atoms with E-state index in [1.165, 1.54) is 21.9 Å². The van der Waals surface area contributed by atoms with Gasteiger partial charge in [0, 0.05) is 10.7 Å². The van der Waals surface area contributed by atoms with Crippen LogP contribution in [0.15, 0.2) is 48.5 Å². The van der Waals surface area contributed by atoms with E-state index in [0.717, 1.165) is 21.2 Å². The number of carbonyl (C=O) groups is 1. The molecule has 0 saturated heterocycles. The van der Waals surface area contributed by atoms with Crippen molar-refractivity contribution in [1.29, 1.82) is 0 Å². The molecular formula is C21H24N2O3S2. The van der Waals surface area contributed by atoms with Crippen LogP contribution in [0.1, 0.15) is 34.6 Å². The van der Waals surface area contributed by atoms with Gasteiger partial charge in [-0.3, -0.25) is 9.10 Å². The van der Waals surface area contributed by atoms with Crippen molar-refractivity contribution in [2.75, 3.05) is 10.6 Å². The second kappa shape index (κ2) is 7.93.